The third kappa shape index (κ3) is 6.37. The predicted molar refractivity (Wildman–Crippen MR) is 309 cm³/mol. The third-order valence-corrected chi connectivity index (χ3v) is 16.1. The molecule has 0 saturated carbocycles. The molecule has 73 heavy (non-hydrogen) atoms. The Morgan fingerprint density at radius 2 is 0.644 bits per heavy atom. The summed E-state index contributed by atoms with van der Waals surface area (Å²) < 4.78 is 4.84. The minimum atomic E-state index is -0.154. The van der Waals surface area contributed by atoms with Gasteiger partial charge in [-0.2, -0.15) is 0 Å². The van der Waals surface area contributed by atoms with Crippen LogP contribution in [0.2, 0.25) is 0 Å². The van der Waals surface area contributed by atoms with Crippen molar-refractivity contribution in [3.8, 4) is 67.0 Å². The Morgan fingerprint density at radius 1 is 0.260 bits per heavy atom. The summed E-state index contributed by atoms with van der Waals surface area (Å²) in [5.74, 6) is 0. The quantitative estimate of drug-likeness (QED) is 0.147. The van der Waals surface area contributed by atoms with Gasteiger partial charge in [-0.15, -0.1) is 0 Å². The van der Waals surface area contributed by atoms with Crippen LogP contribution >= 0.6 is 0 Å². The number of benzene rings is 12. The fraction of sp³-hybridized carbons (Fsp3) is 0.0423. The largest absolute Gasteiger partial charge is 0.309 e. The smallest absolute Gasteiger partial charge is 0.0546 e. The van der Waals surface area contributed by atoms with Gasteiger partial charge in [-0.05, 0) is 150 Å². The van der Waals surface area contributed by atoms with Gasteiger partial charge in [0.25, 0.3) is 0 Å². The average Bonchev–Trinajstić information content (AvgIpc) is 4.05. The van der Waals surface area contributed by atoms with E-state index in [1.807, 2.05) is 0 Å². The van der Waals surface area contributed by atoms with Gasteiger partial charge in [-0.1, -0.05) is 202 Å². The van der Waals surface area contributed by atoms with Crippen LogP contribution < -0.4 is 0 Å². The maximum atomic E-state index is 2.47. The van der Waals surface area contributed by atoms with Crippen molar-refractivity contribution in [2.45, 2.75) is 19.3 Å². The van der Waals surface area contributed by atoms with Crippen molar-refractivity contribution >= 4 is 65.2 Å². The summed E-state index contributed by atoms with van der Waals surface area (Å²) in [5.41, 5.74) is 22.3. The molecule has 14 aromatic rings. The van der Waals surface area contributed by atoms with E-state index < -0.39 is 0 Å². The van der Waals surface area contributed by atoms with Gasteiger partial charge in [-0.3, -0.25) is 0 Å². The van der Waals surface area contributed by atoms with E-state index in [1.54, 1.807) is 0 Å². The van der Waals surface area contributed by atoms with Crippen molar-refractivity contribution in [1.29, 1.82) is 0 Å². The lowest BCUT2D eigenvalue weighted by atomic mass is 9.80. The number of para-hydroxylation sites is 3. The summed E-state index contributed by atoms with van der Waals surface area (Å²) in [4.78, 5) is 0. The van der Waals surface area contributed by atoms with E-state index in [1.165, 1.54) is 143 Å². The number of fused-ring (bicyclic) bond motifs is 12. The standard InChI is InChI=1S/C71H48N2/c1-71(2)64-42-51(47-28-24-45(25-29-47)49-34-38-68-62(40-49)60-20-10-12-22-66(60)72(68)54-15-4-3-5-16-54)32-36-57(64)58-37-33-52(43-65(58)71)48-30-26-46(27-31-48)50-35-39-69-63(41-50)61-21-11-13-23-67(61)73(69)70-44-53-14-6-7-17-55(53)56-18-8-9-19-59(56)70/h3-44H,1-2H3. The minimum absolute atomic E-state index is 0.154. The number of nitrogens with zero attached hydrogens (tertiary/aromatic N) is 2. The molecule has 0 atom stereocenters. The van der Waals surface area contributed by atoms with Crippen LogP contribution in [0.4, 0.5) is 0 Å². The predicted octanol–water partition coefficient (Wildman–Crippen LogP) is 19.2. The fourth-order valence-corrected chi connectivity index (χ4v) is 12.4. The normalized spacial score (nSPS) is 12.9. The van der Waals surface area contributed by atoms with Gasteiger partial charge in [0.05, 0.1) is 27.8 Å². The van der Waals surface area contributed by atoms with Crippen LogP contribution in [0.25, 0.3) is 132 Å². The lowest BCUT2D eigenvalue weighted by Crippen LogP contribution is -2.15. The molecule has 0 saturated heterocycles. The van der Waals surface area contributed by atoms with Gasteiger partial charge in [0.15, 0.2) is 0 Å². The highest BCUT2D eigenvalue weighted by Gasteiger charge is 2.36. The van der Waals surface area contributed by atoms with E-state index in [0.29, 0.717) is 0 Å². The topological polar surface area (TPSA) is 9.86 Å². The van der Waals surface area contributed by atoms with Gasteiger partial charge in [0.2, 0.25) is 0 Å². The number of aromatic nitrogens is 2. The average molecular weight is 929 g/mol. The van der Waals surface area contributed by atoms with Crippen molar-refractivity contribution in [2.24, 2.45) is 0 Å². The summed E-state index contributed by atoms with van der Waals surface area (Å²) in [6.45, 7) is 4.77. The second kappa shape index (κ2) is 15.9. The molecule has 1 aliphatic carbocycles. The molecule has 0 radical (unpaired) electrons. The molecule has 0 unspecified atom stereocenters. The van der Waals surface area contributed by atoms with Crippen molar-refractivity contribution < 1.29 is 0 Å². The molecule has 2 aromatic heterocycles. The Kier molecular flexibility index (Phi) is 9.04. The lowest BCUT2D eigenvalue weighted by molar-refractivity contribution is 0.661. The van der Waals surface area contributed by atoms with Gasteiger partial charge >= 0.3 is 0 Å². The SMILES string of the molecule is CC1(C)c2cc(-c3ccc(-c4ccc5c(c4)c4ccccc4n5-c4ccccc4)cc3)ccc2-c2ccc(-c3ccc(-c4ccc5c(c4)c4ccccc4n5-c4cc5ccccc5c5ccccc45)cc3)cc21. The zero-order valence-corrected chi connectivity index (χ0v) is 40.6. The van der Waals surface area contributed by atoms with Crippen LogP contribution in [-0.4, -0.2) is 9.13 Å². The molecule has 2 heteroatoms. The highest BCUT2D eigenvalue weighted by atomic mass is 15.0. The van der Waals surface area contributed by atoms with Crippen molar-refractivity contribution in [1.82, 2.24) is 9.13 Å². The molecule has 0 fully saturated rings. The summed E-state index contributed by atoms with van der Waals surface area (Å²) in [7, 11) is 0. The van der Waals surface area contributed by atoms with E-state index in [9.17, 15) is 0 Å². The second-order valence-electron chi connectivity index (χ2n) is 20.5. The molecule has 2 nitrogen and oxygen atoms in total. The zero-order chi connectivity index (χ0) is 48.4. The van der Waals surface area contributed by atoms with Gasteiger partial charge in [-0.25, -0.2) is 0 Å². The molecule has 1 aliphatic rings. The minimum Gasteiger partial charge on any atom is -0.309 e. The Bertz CT molecular complexity index is 4550. The molecule has 0 bridgehead atoms. The molecular weight excluding hydrogens is 881 g/mol. The van der Waals surface area contributed by atoms with E-state index >= 15 is 0 Å². The first-order valence-electron chi connectivity index (χ1n) is 25.5. The summed E-state index contributed by atoms with van der Waals surface area (Å²) in [5, 5.41) is 10.1. The molecule has 0 aliphatic heterocycles. The molecule has 2 heterocycles. The van der Waals surface area contributed by atoms with E-state index in [-0.39, 0.29) is 5.41 Å². The van der Waals surface area contributed by atoms with Crippen LogP contribution in [0.3, 0.4) is 0 Å². The van der Waals surface area contributed by atoms with Gasteiger partial charge < -0.3 is 9.13 Å². The summed E-state index contributed by atoms with van der Waals surface area (Å²) in [6.07, 6.45) is 0. The highest BCUT2D eigenvalue weighted by molar-refractivity contribution is 6.16. The van der Waals surface area contributed by atoms with Gasteiger partial charge in [0.1, 0.15) is 0 Å². The second-order valence-corrected chi connectivity index (χ2v) is 20.5. The van der Waals surface area contributed by atoms with Crippen LogP contribution in [-0.2, 0) is 5.41 Å². The molecule has 15 rings (SSSR count). The number of hydrogen-bond acceptors (Lipinski definition) is 0. The van der Waals surface area contributed by atoms with Crippen LogP contribution in [0.15, 0.2) is 255 Å². The van der Waals surface area contributed by atoms with E-state index in [2.05, 4.69) is 278 Å². The van der Waals surface area contributed by atoms with Gasteiger partial charge in [0, 0.05) is 38.0 Å². The van der Waals surface area contributed by atoms with E-state index in [4.69, 9.17) is 0 Å². The number of rotatable bonds is 6. The molecule has 342 valence electrons. The summed E-state index contributed by atoms with van der Waals surface area (Å²) >= 11 is 0. The molecule has 12 aromatic carbocycles. The first-order chi connectivity index (χ1) is 35.9. The fourth-order valence-electron chi connectivity index (χ4n) is 12.4. The molecule has 0 amide bonds. The molecule has 0 N–H and O–H groups in total. The monoisotopic (exact) mass is 928 g/mol. The molecule has 0 spiro atoms. The lowest BCUT2D eigenvalue weighted by Gasteiger charge is -2.22. The molecular formula is C71H48N2. The Labute approximate surface area is 424 Å². The Morgan fingerprint density at radius 3 is 1.19 bits per heavy atom. The van der Waals surface area contributed by atoms with Crippen molar-refractivity contribution in [3.05, 3.63) is 266 Å². The highest BCUT2D eigenvalue weighted by Crippen LogP contribution is 2.51. The van der Waals surface area contributed by atoms with Crippen LogP contribution in [0.5, 0.6) is 0 Å². The van der Waals surface area contributed by atoms with Crippen LogP contribution in [0, 0.1) is 0 Å². The maximum Gasteiger partial charge on any atom is 0.0546 e. The third-order valence-electron chi connectivity index (χ3n) is 16.1. The first kappa shape index (κ1) is 41.5. The number of hydrogen-bond donors (Lipinski definition) is 0. The summed E-state index contributed by atoms with van der Waals surface area (Å²) in [6, 6.07) is 94.6. The van der Waals surface area contributed by atoms with Crippen molar-refractivity contribution in [2.75, 3.05) is 0 Å². The maximum absolute atomic E-state index is 2.47. The Balaban J connectivity index is 0.717. The van der Waals surface area contributed by atoms with E-state index in [0.717, 1.165) is 0 Å². The zero-order valence-electron chi connectivity index (χ0n) is 40.6. The van der Waals surface area contributed by atoms with Crippen molar-refractivity contribution in [3.63, 3.8) is 0 Å². The Hall–Kier alpha value is -9.24. The first-order valence-corrected chi connectivity index (χ1v) is 25.5. The van der Waals surface area contributed by atoms with Crippen LogP contribution in [0.1, 0.15) is 25.0 Å².